The Labute approximate surface area is 80.9 Å². The second-order valence-corrected chi connectivity index (χ2v) is 5.62. The van der Waals surface area contributed by atoms with E-state index in [9.17, 15) is 0 Å². The van der Waals surface area contributed by atoms with Crippen LogP contribution in [0.15, 0.2) is 47.4 Å². The fraction of sp³-hybridized carbons (Fsp3) is 0.167. The van der Waals surface area contributed by atoms with Gasteiger partial charge >= 0.3 is 0 Å². The van der Waals surface area contributed by atoms with E-state index < -0.39 is 0 Å². The number of fused-ring (bicyclic) bond motifs is 1. The van der Waals surface area contributed by atoms with E-state index in [2.05, 4.69) is 42.5 Å². The fourth-order valence-electron chi connectivity index (χ4n) is 1.71. The Balaban J connectivity index is 2.32. The first-order chi connectivity index (χ1) is 6.45. The third-order valence-electron chi connectivity index (χ3n) is 2.47. The van der Waals surface area contributed by atoms with Crippen molar-refractivity contribution < 1.29 is 0 Å². The lowest BCUT2D eigenvalue weighted by atomic mass is 10.1. The zero-order valence-corrected chi connectivity index (χ0v) is 8.18. The third-order valence-corrected chi connectivity index (χ3v) is 4.26. The SMILES string of the molecule is c1ccc2c([S+]3CC3)cccc2c1. The summed E-state index contributed by atoms with van der Waals surface area (Å²) >= 11 is 0. The van der Waals surface area contributed by atoms with Crippen LogP contribution in [0.4, 0.5) is 0 Å². The predicted octanol–water partition coefficient (Wildman–Crippen LogP) is 2.83. The molecular formula is C12H11S+. The Morgan fingerprint density at radius 2 is 1.62 bits per heavy atom. The lowest BCUT2D eigenvalue weighted by Crippen LogP contribution is -1.84. The molecule has 1 heterocycles. The van der Waals surface area contributed by atoms with Gasteiger partial charge in [0.05, 0.1) is 0 Å². The number of hydrogen-bond acceptors (Lipinski definition) is 0. The van der Waals surface area contributed by atoms with Gasteiger partial charge in [-0.2, -0.15) is 0 Å². The minimum Gasteiger partial charge on any atom is -0.0616 e. The molecule has 0 amide bonds. The van der Waals surface area contributed by atoms with Crippen molar-refractivity contribution in [1.82, 2.24) is 0 Å². The van der Waals surface area contributed by atoms with Gasteiger partial charge in [0, 0.05) is 16.3 Å². The van der Waals surface area contributed by atoms with Crippen LogP contribution in [0.5, 0.6) is 0 Å². The molecule has 0 spiro atoms. The van der Waals surface area contributed by atoms with Crippen molar-refractivity contribution in [2.75, 3.05) is 11.5 Å². The molecule has 2 aromatic rings. The molecule has 3 rings (SSSR count). The molecule has 0 radical (unpaired) electrons. The van der Waals surface area contributed by atoms with Crippen LogP contribution in [-0.4, -0.2) is 11.5 Å². The minimum absolute atomic E-state index is 0.596. The van der Waals surface area contributed by atoms with Gasteiger partial charge in [0.2, 0.25) is 0 Å². The zero-order chi connectivity index (χ0) is 8.67. The van der Waals surface area contributed by atoms with Gasteiger partial charge in [0.25, 0.3) is 0 Å². The largest absolute Gasteiger partial charge is 0.163 e. The van der Waals surface area contributed by atoms with Crippen molar-refractivity contribution >= 4 is 21.7 Å². The molecule has 0 atom stereocenters. The molecule has 13 heavy (non-hydrogen) atoms. The number of rotatable bonds is 1. The summed E-state index contributed by atoms with van der Waals surface area (Å²) in [5, 5.41) is 2.85. The van der Waals surface area contributed by atoms with E-state index in [1.54, 1.807) is 4.90 Å². The van der Waals surface area contributed by atoms with E-state index in [-0.39, 0.29) is 0 Å². The minimum atomic E-state index is 0.596. The molecule has 2 aromatic carbocycles. The van der Waals surface area contributed by atoms with Gasteiger partial charge < -0.3 is 0 Å². The second kappa shape index (κ2) is 2.78. The molecular weight excluding hydrogens is 176 g/mol. The Morgan fingerprint density at radius 1 is 0.846 bits per heavy atom. The van der Waals surface area contributed by atoms with Crippen molar-refractivity contribution in [3.63, 3.8) is 0 Å². The highest BCUT2D eigenvalue weighted by atomic mass is 32.2. The Morgan fingerprint density at radius 3 is 2.46 bits per heavy atom. The molecule has 0 aliphatic carbocycles. The summed E-state index contributed by atoms with van der Waals surface area (Å²) in [7, 11) is 0.596. The molecule has 1 saturated heterocycles. The van der Waals surface area contributed by atoms with E-state index in [1.807, 2.05) is 0 Å². The smallest absolute Gasteiger partial charge is 0.0616 e. The van der Waals surface area contributed by atoms with Crippen LogP contribution in [0, 0.1) is 0 Å². The van der Waals surface area contributed by atoms with E-state index >= 15 is 0 Å². The topological polar surface area (TPSA) is 0 Å². The van der Waals surface area contributed by atoms with Crippen LogP contribution in [0.3, 0.4) is 0 Å². The highest BCUT2D eigenvalue weighted by Crippen LogP contribution is 2.31. The molecule has 0 unspecified atom stereocenters. The normalized spacial score (nSPS) is 16.3. The van der Waals surface area contributed by atoms with Crippen molar-refractivity contribution in [3.05, 3.63) is 42.5 Å². The number of hydrogen-bond donors (Lipinski definition) is 0. The zero-order valence-electron chi connectivity index (χ0n) is 7.36. The van der Waals surface area contributed by atoms with Crippen LogP contribution in [0.1, 0.15) is 0 Å². The lowest BCUT2D eigenvalue weighted by molar-refractivity contribution is 1.55. The van der Waals surface area contributed by atoms with Gasteiger partial charge in [-0.25, -0.2) is 0 Å². The summed E-state index contributed by atoms with van der Waals surface area (Å²) in [6.45, 7) is 0. The molecule has 0 bridgehead atoms. The Hall–Kier alpha value is -0.950. The van der Waals surface area contributed by atoms with Gasteiger partial charge in [0.15, 0.2) is 16.4 Å². The molecule has 1 aliphatic rings. The molecule has 1 aliphatic heterocycles. The summed E-state index contributed by atoms with van der Waals surface area (Å²) in [4.78, 5) is 1.58. The second-order valence-electron chi connectivity index (χ2n) is 3.38. The van der Waals surface area contributed by atoms with Crippen LogP contribution < -0.4 is 0 Å². The predicted molar refractivity (Wildman–Crippen MR) is 59.3 cm³/mol. The highest BCUT2D eigenvalue weighted by molar-refractivity contribution is 8.03. The van der Waals surface area contributed by atoms with Crippen molar-refractivity contribution in [1.29, 1.82) is 0 Å². The monoisotopic (exact) mass is 187 g/mol. The Bertz CT molecular complexity index is 438. The molecule has 0 N–H and O–H groups in total. The summed E-state index contributed by atoms with van der Waals surface area (Å²) in [5.41, 5.74) is 0. The van der Waals surface area contributed by atoms with Gasteiger partial charge in [-0.3, -0.25) is 0 Å². The molecule has 0 saturated carbocycles. The average Bonchev–Trinajstić information content (AvgIpc) is 3.00. The van der Waals surface area contributed by atoms with Crippen molar-refractivity contribution in [2.24, 2.45) is 0 Å². The standard InChI is InChI=1S/C12H11S/c1-2-6-11-10(4-1)5-3-7-12(11)13-8-9-13/h1-7H,8-9H2/q+1. The molecule has 1 fully saturated rings. The van der Waals surface area contributed by atoms with E-state index in [0.29, 0.717) is 10.9 Å². The summed E-state index contributed by atoms with van der Waals surface area (Å²) in [6, 6.07) is 15.4. The maximum atomic E-state index is 2.29. The fourth-order valence-corrected chi connectivity index (χ4v) is 3.25. The van der Waals surface area contributed by atoms with E-state index in [0.717, 1.165) is 0 Å². The summed E-state index contributed by atoms with van der Waals surface area (Å²) < 4.78 is 0. The van der Waals surface area contributed by atoms with Crippen LogP contribution in [0.25, 0.3) is 10.8 Å². The summed E-state index contributed by atoms with van der Waals surface area (Å²) in [5.74, 6) is 2.82. The first-order valence-electron chi connectivity index (χ1n) is 4.60. The lowest BCUT2D eigenvalue weighted by Gasteiger charge is -1.97. The molecule has 0 aromatic heterocycles. The van der Waals surface area contributed by atoms with Crippen molar-refractivity contribution in [2.45, 2.75) is 4.90 Å². The first-order valence-corrected chi connectivity index (χ1v) is 6.17. The van der Waals surface area contributed by atoms with Crippen LogP contribution in [-0.2, 0) is 10.9 Å². The van der Waals surface area contributed by atoms with Crippen LogP contribution >= 0.6 is 0 Å². The van der Waals surface area contributed by atoms with Crippen molar-refractivity contribution in [3.8, 4) is 0 Å². The maximum Gasteiger partial charge on any atom is 0.163 e. The summed E-state index contributed by atoms with van der Waals surface area (Å²) in [6.07, 6.45) is 0. The van der Waals surface area contributed by atoms with Gasteiger partial charge in [-0.1, -0.05) is 30.3 Å². The average molecular weight is 187 g/mol. The van der Waals surface area contributed by atoms with Crippen LogP contribution in [0.2, 0.25) is 0 Å². The van der Waals surface area contributed by atoms with E-state index in [4.69, 9.17) is 0 Å². The van der Waals surface area contributed by atoms with Gasteiger partial charge in [-0.05, 0) is 17.5 Å². The third kappa shape index (κ3) is 1.24. The van der Waals surface area contributed by atoms with E-state index in [1.165, 1.54) is 22.3 Å². The molecule has 1 heteroatoms. The first kappa shape index (κ1) is 7.45. The Kier molecular flexibility index (Phi) is 1.59. The maximum absolute atomic E-state index is 2.29. The quantitative estimate of drug-likeness (QED) is 0.475. The molecule has 64 valence electrons. The van der Waals surface area contributed by atoms with Gasteiger partial charge in [0.1, 0.15) is 0 Å². The highest BCUT2D eigenvalue weighted by Gasteiger charge is 2.38. The number of benzene rings is 2. The van der Waals surface area contributed by atoms with Gasteiger partial charge in [-0.15, -0.1) is 0 Å². The molecule has 0 nitrogen and oxygen atoms in total.